The minimum Gasteiger partial charge on any atom is -0.322 e. The van der Waals surface area contributed by atoms with Crippen LogP contribution in [0.15, 0.2) is 45.8 Å². The van der Waals surface area contributed by atoms with Crippen molar-refractivity contribution >= 4 is 37.5 Å². The third-order valence-electron chi connectivity index (χ3n) is 3.55. The van der Waals surface area contributed by atoms with Gasteiger partial charge in [-0.05, 0) is 56.2 Å². The largest absolute Gasteiger partial charge is 0.322 e. The SMILES string of the molecule is Cc1ccc(C)c(S(=O)(=O)N[C@@H](C)C(=O)Nc2ccc(Br)cc2F)c1. The lowest BCUT2D eigenvalue weighted by atomic mass is 10.2. The zero-order valence-electron chi connectivity index (χ0n) is 13.9. The highest BCUT2D eigenvalue weighted by molar-refractivity contribution is 9.10. The van der Waals surface area contributed by atoms with Crippen LogP contribution in [0, 0.1) is 19.7 Å². The molecule has 0 saturated heterocycles. The minimum absolute atomic E-state index is 0.0222. The molecule has 0 unspecified atom stereocenters. The molecule has 0 bridgehead atoms. The summed E-state index contributed by atoms with van der Waals surface area (Å²) in [4.78, 5) is 12.3. The predicted molar refractivity (Wildman–Crippen MR) is 98.4 cm³/mol. The summed E-state index contributed by atoms with van der Waals surface area (Å²) in [5.41, 5.74) is 1.34. The smallest absolute Gasteiger partial charge is 0.242 e. The number of benzene rings is 2. The van der Waals surface area contributed by atoms with E-state index in [-0.39, 0.29) is 10.6 Å². The van der Waals surface area contributed by atoms with Crippen molar-refractivity contribution < 1.29 is 17.6 Å². The third kappa shape index (κ3) is 4.87. The summed E-state index contributed by atoms with van der Waals surface area (Å²) in [7, 11) is -3.88. The highest BCUT2D eigenvalue weighted by Crippen LogP contribution is 2.20. The molecular formula is C17H18BrFN2O3S. The molecule has 0 saturated carbocycles. The van der Waals surface area contributed by atoms with Gasteiger partial charge in [-0.15, -0.1) is 0 Å². The monoisotopic (exact) mass is 428 g/mol. The number of carbonyl (C=O) groups excluding carboxylic acids is 1. The fraction of sp³-hybridized carbons (Fsp3) is 0.235. The van der Waals surface area contributed by atoms with Crippen molar-refractivity contribution in [1.82, 2.24) is 4.72 Å². The molecule has 2 aromatic rings. The fourth-order valence-corrected chi connectivity index (χ4v) is 4.04. The van der Waals surface area contributed by atoms with E-state index in [1.165, 1.54) is 25.1 Å². The normalized spacial score (nSPS) is 12.7. The molecule has 2 aromatic carbocycles. The standard InChI is InChI=1S/C17H18BrFN2O3S/c1-10-4-5-11(2)16(8-10)25(23,24)21-12(3)17(22)20-15-7-6-13(18)9-14(15)19/h4-9,12,21H,1-3H3,(H,20,22)/t12-/m0/s1. The molecule has 0 aliphatic carbocycles. The summed E-state index contributed by atoms with van der Waals surface area (Å²) in [6.45, 7) is 4.86. The van der Waals surface area contributed by atoms with Crippen LogP contribution >= 0.6 is 15.9 Å². The number of hydrogen-bond acceptors (Lipinski definition) is 3. The van der Waals surface area contributed by atoms with Crippen molar-refractivity contribution in [3.05, 3.63) is 57.8 Å². The average Bonchev–Trinajstić information content (AvgIpc) is 2.51. The molecule has 5 nitrogen and oxygen atoms in total. The second kappa shape index (κ2) is 7.63. The number of hydrogen-bond donors (Lipinski definition) is 2. The summed E-state index contributed by atoms with van der Waals surface area (Å²) in [6.07, 6.45) is 0. The van der Waals surface area contributed by atoms with Crippen molar-refractivity contribution in [3.63, 3.8) is 0 Å². The van der Waals surface area contributed by atoms with Crippen LogP contribution in [-0.4, -0.2) is 20.4 Å². The second-order valence-electron chi connectivity index (χ2n) is 5.73. The van der Waals surface area contributed by atoms with Crippen LogP contribution in [0.5, 0.6) is 0 Å². The van der Waals surface area contributed by atoms with Gasteiger partial charge in [0.05, 0.1) is 16.6 Å². The van der Waals surface area contributed by atoms with E-state index in [1.807, 2.05) is 0 Å². The molecule has 25 heavy (non-hydrogen) atoms. The lowest BCUT2D eigenvalue weighted by Crippen LogP contribution is -2.41. The van der Waals surface area contributed by atoms with Crippen molar-refractivity contribution in [3.8, 4) is 0 Å². The third-order valence-corrected chi connectivity index (χ3v) is 5.72. The number of halogens is 2. The molecule has 0 spiro atoms. The zero-order valence-corrected chi connectivity index (χ0v) is 16.3. The Kier molecular flexibility index (Phi) is 5.97. The maximum absolute atomic E-state index is 13.8. The van der Waals surface area contributed by atoms with Crippen LogP contribution in [0.1, 0.15) is 18.1 Å². The number of carbonyl (C=O) groups is 1. The Morgan fingerprint density at radius 2 is 1.84 bits per heavy atom. The molecule has 2 N–H and O–H groups in total. The second-order valence-corrected chi connectivity index (χ2v) is 8.32. The van der Waals surface area contributed by atoms with Crippen LogP contribution in [0.2, 0.25) is 0 Å². The lowest BCUT2D eigenvalue weighted by Gasteiger charge is -2.16. The first-order valence-corrected chi connectivity index (χ1v) is 9.73. The van der Waals surface area contributed by atoms with Gasteiger partial charge in [0.1, 0.15) is 5.82 Å². The van der Waals surface area contributed by atoms with Crippen LogP contribution in [0.3, 0.4) is 0 Å². The molecule has 0 heterocycles. The first-order chi connectivity index (χ1) is 11.6. The minimum atomic E-state index is -3.88. The first-order valence-electron chi connectivity index (χ1n) is 7.45. The molecule has 134 valence electrons. The topological polar surface area (TPSA) is 75.3 Å². The maximum Gasteiger partial charge on any atom is 0.242 e. The Morgan fingerprint density at radius 1 is 1.16 bits per heavy atom. The van der Waals surface area contributed by atoms with E-state index >= 15 is 0 Å². The molecule has 0 aromatic heterocycles. The van der Waals surface area contributed by atoms with Crippen molar-refractivity contribution in [1.29, 1.82) is 0 Å². The summed E-state index contributed by atoms with van der Waals surface area (Å²) in [5.74, 6) is -1.28. The van der Waals surface area contributed by atoms with Gasteiger partial charge in [0.2, 0.25) is 15.9 Å². The number of nitrogens with one attached hydrogen (secondary N) is 2. The Labute approximate surface area is 154 Å². The molecule has 0 fully saturated rings. The molecule has 1 amide bonds. The quantitative estimate of drug-likeness (QED) is 0.764. The number of anilines is 1. The molecule has 2 rings (SSSR count). The number of sulfonamides is 1. The fourth-order valence-electron chi connectivity index (χ4n) is 2.18. The summed E-state index contributed by atoms with van der Waals surface area (Å²) in [5, 5.41) is 2.38. The Morgan fingerprint density at radius 3 is 2.48 bits per heavy atom. The van der Waals surface area contributed by atoms with Crippen LogP contribution in [0.25, 0.3) is 0 Å². The van der Waals surface area contributed by atoms with Gasteiger partial charge < -0.3 is 5.32 Å². The van der Waals surface area contributed by atoms with Gasteiger partial charge in [-0.2, -0.15) is 4.72 Å². The van der Waals surface area contributed by atoms with Crippen molar-refractivity contribution in [2.24, 2.45) is 0 Å². The van der Waals surface area contributed by atoms with Gasteiger partial charge in [0.25, 0.3) is 0 Å². The van der Waals surface area contributed by atoms with E-state index < -0.39 is 27.8 Å². The molecule has 0 radical (unpaired) electrons. The van der Waals surface area contributed by atoms with Gasteiger partial charge in [-0.1, -0.05) is 28.1 Å². The van der Waals surface area contributed by atoms with E-state index in [4.69, 9.17) is 0 Å². The van der Waals surface area contributed by atoms with Crippen LogP contribution < -0.4 is 10.0 Å². The maximum atomic E-state index is 13.8. The molecule has 1 atom stereocenters. The van der Waals surface area contributed by atoms with Gasteiger partial charge in [-0.3, -0.25) is 4.79 Å². The van der Waals surface area contributed by atoms with E-state index in [2.05, 4.69) is 26.0 Å². The number of amides is 1. The highest BCUT2D eigenvalue weighted by atomic mass is 79.9. The first kappa shape index (κ1) is 19.6. The Bertz CT molecular complexity index is 916. The molecule has 0 aliphatic rings. The van der Waals surface area contributed by atoms with Crippen molar-refractivity contribution in [2.45, 2.75) is 31.7 Å². The van der Waals surface area contributed by atoms with Crippen LogP contribution in [0.4, 0.5) is 10.1 Å². The Balaban J connectivity index is 2.16. The van der Waals surface area contributed by atoms with Gasteiger partial charge in [-0.25, -0.2) is 12.8 Å². The van der Waals surface area contributed by atoms with E-state index in [0.29, 0.717) is 10.0 Å². The van der Waals surface area contributed by atoms with E-state index in [1.54, 1.807) is 32.0 Å². The van der Waals surface area contributed by atoms with Gasteiger partial charge in [0, 0.05) is 4.47 Å². The van der Waals surface area contributed by atoms with E-state index in [9.17, 15) is 17.6 Å². The Hall–Kier alpha value is -1.77. The molecular weight excluding hydrogens is 411 g/mol. The lowest BCUT2D eigenvalue weighted by molar-refractivity contribution is -0.117. The molecule has 8 heteroatoms. The predicted octanol–water partition coefficient (Wildman–Crippen LogP) is 3.51. The van der Waals surface area contributed by atoms with Crippen LogP contribution in [-0.2, 0) is 14.8 Å². The van der Waals surface area contributed by atoms with E-state index in [0.717, 1.165) is 5.56 Å². The zero-order chi connectivity index (χ0) is 18.8. The van der Waals surface area contributed by atoms with Gasteiger partial charge >= 0.3 is 0 Å². The van der Waals surface area contributed by atoms with Crippen molar-refractivity contribution in [2.75, 3.05) is 5.32 Å². The van der Waals surface area contributed by atoms with Gasteiger partial charge in [0.15, 0.2) is 0 Å². The summed E-state index contributed by atoms with van der Waals surface area (Å²) in [6, 6.07) is 8.14. The summed E-state index contributed by atoms with van der Waals surface area (Å²) < 4.78 is 41.7. The average molecular weight is 429 g/mol. The number of aryl methyl sites for hydroxylation is 2. The highest BCUT2D eigenvalue weighted by Gasteiger charge is 2.24. The molecule has 0 aliphatic heterocycles. The summed E-state index contributed by atoms with van der Waals surface area (Å²) >= 11 is 3.13. The number of rotatable bonds is 5.